The maximum atomic E-state index is 11.4. The second kappa shape index (κ2) is 2.71. The summed E-state index contributed by atoms with van der Waals surface area (Å²) in [5, 5.41) is -0.0174. The molecule has 0 N–H and O–H groups in total. The zero-order chi connectivity index (χ0) is 6.78. The molecule has 0 saturated carbocycles. The number of hydrogen-bond acceptors (Lipinski definition) is 0. The quantitative estimate of drug-likeness (QED) is 0.558. The minimum atomic E-state index is -4.04. The highest BCUT2D eigenvalue weighted by Crippen LogP contribution is 2.26. The zero-order valence-electron chi connectivity index (χ0n) is 4.30. The second-order valence-electron chi connectivity index (χ2n) is 1.60. The van der Waals surface area contributed by atoms with Gasteiger partial charge >= 0.3 is 6.18 Å². The minimum Gasteiger partial charge on any atom is -0.171 e. The fourth-order valence-electron chi connectivity index (χ4n) is 0.0875. The summed E-state index contributed by atoms with van der Waals surface area (Å²) in [7, 11) is 0. The minimum absolute atomic E-state index is 0.0174. The van der Waals surface area contributed by atoms with Crippen molar-refractivity contribution in [3.8, 4) is 0 Å². The van der Waals surface area contributed by atoms with Crippen LogP contribution in [0.3, 0.4) is 0 Å². The fourth-order valence-corrected chi connectivity index (χ4v) is 0.455. The molecule has 0 aliphatic carbocycles. The SMILES string of the molecule is C[C@@H](CBr)C(F)(F)F. The maximum absolute atomic E-state index is 11.4. The lowest BCUT2D eigenvalue weighted by atomic mass is 10.2. The van der Waals surface area contributed by atoms with Crippen LogP contribution >= 0.6 is 15.9 Å². The van der Waals surface area contributed by atoms with Crippen molar-refractivity contribution in [2.75, 3.05) is 5.33 Å². The highest BCUT2D eigenvalue weighted by molar-refractivity contribution is 9.09. The van der Waals surface area contributed by atoms with E-state index in [0.29, 0.717) is 0 Å². The molecule has 50 valence electrons. The molecule has 0 aromatic heterocycles. The summed E-state index contributed by atoms with van der Waals surface area (Å²) in [6.45, 7) is 1.13. The molecule has 0 aliphatic heterocycles. The van der Waals surface area contributed by atoms with Crippen molar-refractivity contribution in [1.82, 2.24) is 0 Å². The van der Waals surface area contributed by atoms with E-state index in [1.165, 1.54) is 0 Å². The van der Waals surface area contributed by atoms with E-state index >= 15 is 0 Å². The molecule has 0 saturated heterocycles. The van der Waals surface area contributed by atoms with Gasteiger partial charge in [0.05, 0.1) is 5.92 Å². The highest BCUT2D eigenvalue weighted by Gasteiger charge is 2.34. The van der Waals surface area contributed by atoms with Crippen LogP contribution in [0.15, 0.2) is 0 Å². The van der Waals surface area contributed by atoms with Crippen molar-refractivity contribution in [3.05, 3.63) is 0 Å². The first-order valence-electron chi connectivity index (χ1n) is 2.11. The normalized spacial score (nSPS) is 16.1. The Balaban J connectivity index is 3.62. The Morgan fingerprint density at radius 3 is 1.88 bits per heavy atom. The summed E-state index contributed by atoms with van der Waals surface area (Å²) < 4.78 is 34.3. The molecule has 0 radical (unpaired) electrons. The molecule has 0 amide bonds. The molecule has 0 aromatic carbocycles. The van der Waals surface area contributed by atoms with Crippen LogP contribution in [0.1, 0.15) is 6.92 Å². The van der Waals surface area contributed by atoms with Crippen LogP contribution in [0.4, 0.5) is 13.2 Å². The Labute approximate surface area is 54.2 Å². The van der Waals surface area contributed by atoms with Crippen LogP contribution < -0.4 is 0 Å². The van der Waals surface area contributed by atoms with Gasteiger partial charge in [-0.1, -0.05) is 22.9 Å². The Hall–Kier alpha value is 0.270. The third-order valence-corrected chi connectivity index (χ3v) is 1.76. The van der Waals surface area contributed by atoms with E-state index in [-0.39, 0.29) is 5.33 Å². The Morgan fingerprint density at radius 2 is 1.88 bits per heavy atom. The topological polar surface area (TPSA) is 0 Å². The van der Waals surface area contributed by atoms with E-state index in [0.717, 1.165) is 6.92 Å². The molecule has 0 spiro atoms. The van der Waals surface area contributed by atoms with Crippen molar-refractivity contribution in [1.29, 1.82) is 0 Å². The fraction of sp³-hybridized carbons (Fsp3) is 1.00. The summed E-state index contributed by atoms with van der Waals surface area (Å²) >= 11 is 2.73. The summed E-state index contributed by atoms with van der Waals surface area (Å²) in [4.78, 5) is 0. The molecule has 0 aromatic rings. The van der Waals surface area contributed by atoms with Crippen molar-refractivity contribution < 1.29 is 13.2 Å². The van der Waals surface area contributed by atoms with E-state index in [1.54, 1.807) is 0 Å². The Morgan fingerprint density at radius 1 is 1.50 bits per heavy atom. The van der Waals surface area contributed by atoms with Gasteiger partial charge in [0, 0.05) is 5.33 Å². The van der Waals surface area contributed by atoms with Crippen molar-refractivity contribution in [3.63, 3.8) is 0 Å². The van der Waals surface area contributed by atoms with E-state index in [4.69, 9.17) is 0 Å². The van der Waals surface area contributed by atoms with Gasteiger partial charge in [-0.05, 0) is 0 Å². The van der Waals surface area contributed by atoms with Crippen LogP contribution in [0.25, 0.3) is 0 Å². The average molecular weight is 191 g/mol. The smallest absolute Gasteiger partial charge is 0.171 e. The largest absolute Gasteiger partial charge is 0.392 e. The predicted molar refractivity (Wildman–Crippen MR) is 29.0 cm³/mol. The van der Waals surface area contributed by atoms with Gasteiger partial charge in [0.15, 0.2) is 0 Å². The van der Waals surface area contributed by atoms with Gasteiger partial charge in [-0.2, -0.15) is 13.2 Å². The molecule has 0 unspecified atom stereocenters. The maximum Gasteiger partial charge on any atom is 0.392 e. The molecule has 4 heteroatoms. The Bertz CT molecular complexity index is 68.2. The van der Waals surface area contributed by atoms with Gasteiger partial charge in [-0.15, -0.1) is 0 Å². The van der Waals surface area contributed by atoms with Gasteiger partial charge in [0.1, 0.15) is 0 Å². The van der Waals surface area contributed by atoms with Gasteiger partial charge < -0.3 is 0 Å². The Kier molecular flexibility index (Phi) is 2.80. The first-order chi connectivity index (χ1) is 3.48. The summed E-state index contributed by atoms with van der Waals surface area (Å²) in [6, 6.07) is 0. The third-order valence-electron chi connectivity index (χ3n) is 0.790. The molecular weight excluding hydrogens is 185 g/mol. The van der Waals surface area contributed by atoms with Gasteiger partial charge in [-0.3, -0.25) is 0 Å². The average Bonchev–Trinajstić information content (AvgIpc) is 1.62. The lowest BCUT2D eigenvalue weighted by Gasteiger charge is -2.10. The van der Waals surface area contributed by atoms with Gasteiger partial charge in [0.25, 0.3) is 0 Å². The first kappa shape index (κ1) is 8.27. The van der Waals surface area contributed by atoms with E-state index in [2.05, 4.69) is 15.9 Å². The lowest BCUT2D eigenvalue weighted by Crippen LogP contribution is -2.20. The standard InChI is InChI=1S/C4H6BrF3/c1-3(2-5)4(6,7)8/h3H,2H2,1H3/t3-/m0/s1. The van der Waals surface area contributed by atoms with Crippen LogP contribution in [-0.2, 0) is 0 Å². The second-order valence-corrected chi connectivity index (χ2v) is 2.24. The molecular formula is C4H6BrF3. The molecule has 0 bridgehead atoms. The van der Waals surface area contributed by atoms with Crippen LogP contribution in [0, 0.1) is 5.92 Å². The summed E-state index contributed by atoms with van der Waals surface area (Å²) in [6.07, 6.45) is -4.04. The predicted octanol–water partition coefficient (Wildman–Crippen LogP) is 2.58. The number of halogens is 4. The lowest BCUT2D eigenvalue weighted by molar-refractivity contribution is -0.162. The zero-order valence-corrected chi connectivity index (χ0v) is 5.88. The molecule has 0 rings (SSSR count). The van der Waals surface area contributed by atoms with Crippen molar-refractivity contribution in [2.24, 2.45) is 5.92 Å². The molecule has 8 heavy (non-hydrogen) atoms. The van der Waals surface area contributed by atoms with Crippen LogP contribution in [0.5, 0.6) is 0 Å². The van der Waals surface area contributed by atoms with E-state index < -0.39 is 12.1 Å². The third kappa shape index (κ3) is 2.55. The van der Waals surface area contributed by atoms with Gasteiger partial charge in [-0.25, -0.2) is 0 Å². The highest BCUT2D eigenvalue weighted by atomic mass is 79.9. The van der Waals surface area contributed by atoms with Crippen molar-refractivity contribution >= 4 is 15.9 Å². The van der Waals surface area contributed by atoms with Crippen LogP contribution in [0.2, 0.25) is 0 Å². The van der Waals surface area contributed by atoms with Crippen molar-refractivity contribution in [2.45, 2.75) is 13.1 Å². The van der Waals surface area contributed by atoms with Gasteiger partial charge in [0.2, 0.25) is 0 Å². The number of hydrogen-bond donors (Lipinski definition) is 0. The number of alkyl halides is 4. The van der Waals surface area contributed by atoms with E-state index in [9.17, 15) is 13.2 Å². The van der Waals surface area contributed by atoms with Crippen LogP contribution in [-0.4, -0.2) is 11.5 Å². The molecule has 0 fully saturated rings. The molecule has 1 atom stereocenters. The van der Waals surface area contributed by atoms with E-state index in [1.807, 2.05) is 0 Å². The first-order valence-corrected chi connectivity index (χ1v) is 3.23. The number of rotatable bonds is 1. The molecule has 0 aliphatic rings. The molecule has 0 nitrogen and oxygen atoms in total. The monoisotopic (exact) mass is 190 g/mol. The molecule has 0 heterocycles. The summed E-state index contributed by atoms with van der Waals surface area (Å²) in [5.41, 5.74) is 0. The summed E-state index contributed by atoms with van der Waals surface area (Å²) in [5.74, 6) is -1.23.